The van der Waals surface area contributed by atoms with Crippen LogP contribution in [0, 0.1) is 0 Å². The Morgan fingerprint density at radius 1 is 1.83 bits per heavy atom. The first kappa shape index (κ1) is 9.28. The molecule has 12 heavy (non-hydrogen) atoms. The summed E-state index contributed by atoms with van der Waals surface area (Å²) in [5.41, 5.74) is 2.67. The number of furan rings is 1. The molecule has 64 valence electrons. The summed E-state index contributed by atoms with van der Waals surface area (Å²) in [5.74, 6) is 0.700. The molecule has 0 bridgehead atoms. The van der Waals surface area contributed by atoms with E-state index in [2.05, 4.69) is 10.5 Å². The first-order valence-electron chi connectivity index (χ1n) is 3.23. The molecule has 0 aliphatic carbocycles. The molecule has 1 rings (SSSR count). The molecule has 0 aliphatic rings. The molecule has 0 unspecified atom stereocenters. The largest absolute Gasteiger partial charge is 0.463 e. The smallest absolute Gasteiger partial charge is 0.153 e. The second-order valence-corrected chi connectivity index (χ2v) is 3.36. The summed E-state index contributed by atoms with van der Waals surface area (Å²) in [6.07, 6.45) is 5.05. The van der Waals surface area contributed by atoms with Crippen LogP contribution in [0.5, 0.6) is 0 Å². The Hall–Kier alpha value is -0.810. The molecule has 0 saturated carbocycles. The fraction of sp³-hybridized carbons (Fsp3) is 0.143. The molecular formula is C7H8N2OS2. The standard InChI is InChI=1S/C7H8N2OS2/c1-12-7(11)9-8-5-6-3-2-4-10-6/h2-5H,1H3,(H,9,11). The molecule has 0 aliphatic heterocycles. The van der Waals surface area contributed by atoms with E-state index in [1.165, 1.54) is 11.8 Å². The number of hydrazone groups is 1. The molecule has 0 spiro atoms. The van der Waals surface area contributed by atoms with Crippen molar-refractivity contribution in [2.45, 2.75) is 0 Å². The van der Waals surface area contributed by atoms with Gasteiger partial charge < -0.3 is 4.42 Å². The SMILES string of the molecule is CSC(=S)NN=Cc1ccco1. The molecule has 0 saturated heterocycles. The summed E-state index contributed by atoms with van der Waals surface area (Å²) >= 11 is 6.30. The third-order valence-electron chi connectivity index (χ3n) is 1.08. The molecule has 0 aromatic carbocycles. The summed E-state index contributed by atoms with van der Waals surface area (Å²) in [5, 5.41) is 3.85. The molecular weight excluding hydrogens is 192 g/mol. The van der Waals surface area contributed by atoms with Gasteiger partial charge in [0, 0.05) is 0 Å². The van der Waals surface area contributed by atoms with Crippen LogP contribution in [-0.2, 0) is 0 Å². The van der Waals surface area contributed by atoms with Gasteiger partial charge in [0.2, 0.25) is 0 Å². The zero-order valence-electron chi connectivity index (χ0n) is 6.48. The van der Waals surface area contributed by atoms with Gasteiger partial charge in [-0.1, -0.05) is 24.0 Å². The highest BCUT2D eigenvalue weighted by Gasteiger charge is 1.89. The summed E-state index contributed by atoms with van der Waals surface area (Å²) < 4.78 is 5.65. The van der Waals surface area contributed by atoms with E-state index in [0.717, 1.165) is 0 Å². The average Bonchev–Trinajstić information content (AvgIpc) is 2.57. The number of rotatable bonds is 2. The minimum Gasteiger partial charge on any atom is -0.463 e. The Kier molecular flexibility index (Phi) is 3.83. The number of hydrogen-bond donors (Lipinski definition) is 1. The van der Waals surface area contributed by atoms with Crippen molar-refractivity contribution in [2.75, 3.05) is 6.26 Å². The number of thiocarbonyl (C=S) groups is 1. The Labute approximate surface area is 80.2 Å². The van der Waals surface area contributed by atoms with Crippen LogP contribution >= 0.6 is 24.0 Å². The number of nitrogens with one attached hydrogen (secondary N) is 1. The summed E-state index contributed by atoms with van der Waals surface area (Å²) in [6, 6.07) is 3.61. The molecule has 1 aromatic rings. The molecule has 0 fully saturated rings. The Morgan fingerprint density at radius 2 is 2.67 bits per heavy atom. The maximum atomic E-state index is 5.01. The van der Waals surface area contributed by atoms with Gasteiger partial charge in [0.1, 0.15) is 5.76 Å². The van der Waals surface area contributed by atoms with Crippen LogP contribution in [-0.4, -0.2) is 16.8 Å². The van der Waals surface area contributed by atoms with Crippen molar-refractivity contribution in [1.82, 2.24) is 5.43 Å². The first-order valence-corrected chi connectivity index (χ1v) is 4.87. The van der Waals surface area contributed by atoms with Crippen LogP contribution in [0.4, 0.5) is 0 Å². The molecule has 0 atom stereocenters. The molecule has 5 heteroatoms. The van der Waals surface area contributed by atoms with Crippen LogP contribution in [0.1, 0.15) is 5.76 Å². The summed E-state index contributed by atoms with van der Waals surface area (Å²) in [4.78, 5) is 0. The van der Waals surface area contributed by atoms with Gasteiger partial charge in [0.05, 0.1) is 12.5 Å². The molecule has 0 amide bonds. The molecule has 3 nitrogen and oxygen atoms in total. The van der Waals surface area contributed by atoms with Crippen molar-refractivity contribution in [1.29, 1.82) is 0 Å². The van der Waals surface area contributed by atoms with Crippen LogP contribution in [0.25, 0.3) is 0 Å². The van der Waals surface area contributed by atoms with Crippen LogP contribution in [0.2, 0.25) is 0 Å². The third-order valence-corrected chi connectivity index (χ3v) is 2.13. The van der Waals surface area contributed by atoms with Gasteiger partial charge in [-0.15, -0.1) is 0 Å². The number of hydrogen-bond acceptors (Lipinski definition) is 4. The van der Waals surface area contributed by atoms with E-state index in [4.69, 9.17) is 16.6 Å². The zero-order chi connectivity index (χ0) is 8.81. The van der Waals surface area contributed by atoms with Gasteiger partial charge in [-0.2, -0.15) is 5.10 Å². The maximum Gasteiger partial charge on any atom is 0.153 e. The normalized spacial score (nSPS) is 10.4. The Balaban J connectivity index is 2.37. The van der Waals surface area contributed by atoms with Crippen molar-refractivity contribution in [3.8, 4) is 0 Å². The zero-order valence-corrected chi connectivity index (χ0v) is 8.11. The number of nitrogens with zero attached hydrogens (tertiary/aromatic N) is 1. The topological polar surface area (TPSA) is 37.5 Å². The highest BCUT2D eigenvalue weighted by Crippen LogP contribution is 1.96. The van der Waals surface area contributed by atoms with Crippen LogP contribution in [0.3, 0.4) is 0 Å². The second-order valence-electron chi connectivity index (χ2n) is 1.88. The Bertz CT molecular complexity index is 269. The van der Waals surface area contributed by atoms with Crippen LogP contribution < -0.4 is 5.43 Å². The van der Waals surface area contributed by atoms with Gasteiger partial charge in [-0.05, 0) is 18.4 Å². The van der Waals surface area contributed by atoms with Crippen LogP contribution in [0.15, 0.2) is 27.9 Å². The first-order chi connectivity index (χ1) is 5.83. The number of thioether (sulfide) groups is 1. The Morgan fingerprint density at radius 3 is 3.25 bits per heavy atom. The van der Waals surface area contributed by atoms with Gasteiger partial charge >= 0.3 is 0 Å². The van der Waals surface area contributed by atoms with Crippen molar-refractivity contribution < 1.29 is 4.42 Å². The van der Waals surface area contributed by atoms with E-state index >= 15 is 0 Å². The quantitative estimate of drug-likeness (QED) is 0.449. The predicted octanol–water partition coefficient (Wildman–Crippen LogP) is 1.85. The van der Waals surface area contributed by atoms with Gasteiger partial charge in [-0.25, -0.2) is 0 Å². The van der Waals surface area contributed by atoms with Crippen molar-refractivity contribution >= 4 is 34.5 Å². The van der Waals surface area contributed by atoms with Crippen molar-refractivity contribution in [3.63, 3.8) is 0 Å². The average molecular weight is 200 g/mol. The van der Waals surface area contributed by atoms with E-state index < -0.39 is 0 Å². The van der Waals surface area contributed by atoms with E-state index in [-0.39, 0.29) is 0 Å². The molecule has 1 heterocycles. The minimum absolute atomic E-state index is 0.637. The molecule has 1 aromatic heterocycles. The molecule has 0 radical (unpaired) electrons. The van der Waals surface area contributed by atoms with E-state index in [0.29, 0.717) is 10.1 Å². The van der Waals surface area contributed by atoms with Crippen molar-refractivity contribution in [2.24, 2.45) is 5.10 Å². The van der Waals surface area contributed by atoms with Gasteiger partial charge in [-0.3, -0.25) is 5.43 Å². The fourth-order valence-electron chi connectivity index (χ4n) is 0.559. The fourth-order valence-corrected chi connectivity index (χ4v) is 0.756. The van der Waals surface area contributed by atoms with Crippen molar-refractivity contribution in [3.05, 3.63) is 24.2 Å². The monoisotopic (exact) mass is 200 g/mol. The lowest BCUT2D eigenvalue weighted by atomic mass is 10.5. The van der Waals surface area contributed by atoms with E-state index in [9.17, 15) is 0 Å². The minimum atomic E-state index is 0.637. The summed E-state index contributed by atoms with van der Waals surface area (Å²) in [7, 11) is 0. The van der Waals surface area contributed by atoms with E-state index in [1.807, 2.05) is 12.3 Å². The lowest BCUT2D eigenvalue weighted by molar-refractivity contribution is 0.560. The van der Waals surface area contributed by atoms with E-state index in [1.54, 1.807) is 18.5 Å². The third kappa shape index (κ3) is 3.06. The van der Waals surface area contributed by atoms with Gasteiger partial charge in [0.15, 0.2) is 4.32 Å². The summed E-state index contributed by atoms with van der Waals surface area (Å²) in [6.45, 7) is 0. The van der Waals surface area contributed by atoms with Gasteiger partial charge in [0.25, 0.3) is 0 Å². The highest BCUT2D eigenvalue weighted by molar-refractivity contribution is 8.22. The lowest BCUT2D eigenvalue weighted by Crippen LogP contribution is -2.09. The maximum absolute atomic E-state index is 5.01. The predicted molar refractivity (Wildman–Crippen MR) is 55.6 cm³/mol. The second kappa shape index (κ2) is 4.95. The lowest BCUT2D eigenvalue weighted by Gasteiger charge is -1.94. The molecule has 1 N–H and O–H groups in total. The highest BCUT2D eigenvalue weighted by atomic mass is 32.2.